The number of nitrogens with zero attached hydrogens (tertiary/aromatic N) is 1. The van der Waals surface area contributed by atoms with E-state index in [0.717, 1.165) is 19.6 Å². The molecule has 1 aromatic carbocycles. The number of ether oxygens (including phenoxy) is 2. The van der Waals surface area contributed by atoms with Gasteiger partial charge >= 0.3 is 11.9 Å². The van der Waals surface area contributed by atoms with E-state index in [2.05, 4.69) is 43.2 Å². The maximum absolute atomic E-state index is 11.0. The zero-order valence-electron chi connectivity index (χ0n) is 18.0. The number of carbonyl (C=O) groups excluding carboxylic acids is 2. The smallest absolute Gasteiger partial charge is 0.333 e. The first-order chi connectivity index (χ1) is 13.2. The third kappa shape index (κ3) is 15.6. The first-order valence-corrected chi connectivity index (χ1v) is 9.19. The van der Waals surface area contributed by atoms with E-state index in [1.165, 1.54) is 12.7 Å². The molecule has 0 aromatic heterocycles. The maximum Gasteiger partial charge on any atom is 0.333 e. The van der Waals surface area contributed by atoms with Crippen molar-refractivity contribution in [2.24, 2.45) is 0 Å². The first-order valence-electron chi connectivity index (χ1n) is 9.19. The Morgan fingerprint density at radius 1 is 1.00 bits per heavy atom. The van der Waals surface area contributed by atoms with Gasteiger partial charge in [0.15, 0.2) is 0 Å². The minimum atomic E-state index is -0.347. The van der Waals surface area contributed by atoms with Gasteiger partial charge in [-0.3, -0.25) is 0 Å². The van der Waals surface area contributed by atoms with Crippen LogP contribution in [0.25, 0.3) is 6.08 Å². The lowest BCUT2D eigenvalue weighted by Gasteiger charge is -2.17. The standard InChI is InChI=1S/C10H19NO2.C8H8.C5H8O2/c1-5-11(6-2)7-8-13-10(12)9(3)4;1-2-8-6-4-3-5-7-8;1-4(2)5(6)7-3/h3,5-8H2,1-2,4H3;2-7H,1H2;1H2,2-3H3. The third-order valence-electron chi connectivity index (χ3n) is 3.45. The highest BCUT2D eigenvalue weighted by molar-refractivity contribution is 5.87. The number of benzene rings is 1. The second kappa shape index (κ2) is 17.7. The second-order valence-corrected chi connectivity index (χ2v) is 5.83. The molecule has 0 saturated heterocycles. The van der Waals surface area contributed by atoms with Crippen LogP contribution in [-0.2, 0) is 19.1 Å². The molecular weight excluding hydrogens is 354 g/mol. The number of rotatable bonds is 8. The monoisotopic (exact) mass is 389 g/mol. The van der Waals surface area contributed by atoms with Crippen LogP contribution < -0.4 is 0 Å². The van der Waals surface area contributed by atoms with Gasteiger partial charge in [0.1, 0.15) is 6.61 Å². The molecule has 0 radical (unpaired) electrons. The van der Waals surface area contributed by atoms with Gasteiger partial charge in [-0.2, -0.15) is 0 Å². The van der Waals surface area contributed by atoms with Gasteiger partial charge in [0.25, 0.3) is 0 Å². The van der Waals surface area contributed by atoms with E-state index in [1.54, 1.807) is 13.8 Å². The molecule has 0 N–H and O–H groups in total. The van der Waals surface area contributed by atoms with Gasteiger partial charge < -0.3 is 14.4 Å². The van der Waals surface area contributed by atoms with Crippen molar-refractivity contribution < 1.29 is 19.1 Å². The van der Waals surface area contributed by atoms with Crippen LogP contribution in [0.2, 0.25) is 0 Å². The average molecular weight is 390 g/mol. The van der Waals surface area contributed by atoms with Gasteiger partial charge in [0.05, 0.1) is 7.11 Å². The molecule has 1 aromatic rings. The van der Waals surface area contributed by atoms with Crippen molar-refractivity contribution in [3.05, 3.63) is 66.8 Å². The van der Waals surface area contributed by atoms with E-state index in [1.807, 2.05) is 36.4 Å². The Morgan fingerprint density at radius 2 is 1.50 bits per heavy atom. The topological polar surface area (TPSA) is 55.8 Å². The predicted octanol–water partition coefficient (Wildman–Crippen LogP) is 4.51. The van der Waals surface area contributed by atoms with Crippen LogP contribution in [0.1, 0.15) is 33.3 Å². The maximum atomic E-state index is 11.0. The van der Waals surface area contributed by atoms with E-state index in [4.69, 9.17) is 4.74 Å². The zero-order valence-corrected chi connectivity index (χ0v) is 18.0. The number of methoxy groups -OCH3 is 1. The Balaban J connectivity index is 0. The van der Waals surface area contributed by atoms with Gasteiger partial charge in [-0.1, -0.05) is 70.0 Å². The predicted molar refractivity (Wildman–Crippen MR) is 117 cm³/mol. The Hall–Kier alpha value is -2.66. The summed E-state index contributed by atoms with van der Waals surface area (Å²) in [6.45, 7) is 21.1. The van der Waals surface area contributed by atoms with Gasteiger partial charge in [-0.05, 0) is 32.5 Å². The van der Waals surface area contributed by atoms with Crippen molar-refractivity contribution in [2.45, 2.75) is 27.7 Å². The molecule has 0 bridgehead atoms. The molecule has 0 fully saturated rings. The van der Waals surface area contributed by atoms with Gasteiger partial charge in [0, 0.05) is 17.7 Å². The second-order valence-electron chi connectivity index (χ2n) is 5.83. The summed E-state index contributed by atoms with van der Waals surface area (Å²) in [6, 6.07) is 10.0. The minimum Gasteiger partial charge on any atom is -0.466 e. The molecule has 5 heteroatoms. The van der Waals surface area contributed by atoms with Crippen LogP contribution >= 0.6 is 0 Å². The lowest BCUT2D eigenvalue weighted by molar-refractivity contribution is -0.139. The highest BCUT2D eigenvalue weighted by Crippen LogP contribution is 1.97. The first kappa shape index (κ1) is 27.6. The molecule has 1 rings (SSSR count). The van der Waals surface area contributed by atoms with Crippen LogP contribution in [-0.4, -0.2) is 50.2 Å². The fourth-order valence-electron chi connectivity index (χ4n) is 1.69. The highest BCUT2D eigenvalue weighted by Gasteiger charge is 2.04. The molecule has 28 heavy (non-hydrogen) atoms. The van der Waals surface area contributed by atoms with E-state index in [9.17, 15) is 9.59 Å². The van der Waals surface area contributed by atoms with Gasteiger partial charge in [0.2, 0.25) is 0 Å². The zero-order chi connectivity index (χ0) is 21.9. The van der Waals surface area contributed by atoms with Crippen LogP contribution in [0.4, 0.5) is 0 Å². The largest absolute Gasteiger partial charge is 0.466 e. The Kier molecular flexibility index (Phi) is 17.5. The Morgan fingerprint density at radius 3 is 1.79 bits per heavy atom. The summed E-state index contributed by atoms with van der Waals surface area (Å²) in [4.78, 5) is 23.4. The van der Waals surface area contributed by atoms with E-state index in [0.29, 0.717) is 17.8 Å². The molecule has 0 aliphatic carbocycles. The summed E-state index contributed by atoms with van der Waals surface area (Å²) in [7, 11) is 1.33. The molecule has 0 spiro atoms. The van der Waals surface area contributed by atoms with Gasteiger partial charge in [-0.25, -0.2) is 9.59 Å². The lowest BCUT2D eigenvalue weighted by atomic mass is 10.2. The number of carbonyl (C=O) groups is 2. The van der Waals surface area contributed by atoms with Crippen LogP contribution in [0.5, 0.6) is 0 Å². The van der Waals surface area contributed by atoms with Crippen molar-refractivity contribution in [1.82, 2.24) is 4.90 Å². The molecular formula is C23H35NO4. The SMILES string of the molecule is C=C(C)C(=O)OC.C=C(C)C(=O)OCCN(CC)CC.C=Cc1ccccc1. The summed E-state index contributed by atoms with van der Waals surface area (Å²) in [6.07, 6.45) is 1.83. The van der Waals surface area contributed by atoms with Crippen molar-refractivity contribution in [3.8, 4) is 0 Å². The number of hydrogen-bond acceptors (Lipinski definition) is 5. The number of esters is 2. The van der Waals surface area contributed by atoms with Crippen LogP contribution in [0, 0.1) is 0 Å². The van der Waals surface area contributed by atoms with E-state index in [-0.39, 0.29) is 11.9 Å². The quantitative estimate of drug-likeness (QED) is 0.483. The van der Waals surface area contributed by atoms with E-state index >= 15 is 0 Å². The molecule has 156 valence electrons. The molecule has 0 saturated carbocycles. The summed E-state index contributed by atoms with van der Waals surface area (Å²) < 4.78 is 9.23. The highest BCUT2D eigenvalue weighted by atomic mass is 16.5. The van der Waals surface area contributed by atoms with Crippen molar-refractivity contribution >= 4 is 18.0 Å². The molecule has 0 amide bonds. The third-order valence-corrected chi connectivity index (χ3v) is 3.45. The molecule has 0 aliphatic rings. The lowest BCUT2D eigenvalue weighted by Crippen LogP contribution is -2.27. The summed E-state index contributed by atoms with van der Waals surface area (Å²) in [5.74, 6) is -0.646. The fourth-order valence-corrected chi connectivity index (χ4v) is 1.69. The Labute approximate surface area is 170 Å². The molecule has 0 aliphatic heterocycles. The fraction of sp³-hybridized carbons (Fsp3) is 0.391. The van der Waals surface area contributed by atoms with Crippen molar-refractivity contribution in [3.63, 3.8) is 0 Å². The van der Waals surface area contributed by atoms with Crippen molar-refractivity contribution in [2.75, 3.05) is 33.4 Å². The number of likely N-dealkylation sites (N-methyl/N-ethyl adjacent to an activating group) is 1. The molecule has 0 atom stereocenters. The average Bonchev–Trinajstić information content (AvgIpc) is 2.71. The summed E-state index contributed by atoms with van der Waals surface area (Å²) >= 11 is 0. The number of hydrogen-bond donors (Lipinski definition) is 0. The molecule has 0 heterocycles. The Bertz CT molecular complexity index is 604. The summed E-state index contributed by atoms with van der Waals surface area (Å²) in [5, 5.41) is 0. The van der Waals surface area contributed by atoms with Crippen molar-refractivity contribution in [1.29, 1.82) is 0 Å². The van der Waals surface area contributed by atoms with Crippen LogP contribution in [0.15, 0.2) is 61.2 Å². The van der Waals surface area contributed by atoms with Crippen LogP contribution in [0.3, 0.4) is 0 Å². The molecule has 0 unspecified atom stereocenters. The van der Waals surface area contributed by atoms with Gasteiger partial charge in [-0.15, -0.1) is 0 Å². The normalized spacial score (nSPS) is 9.07. The minimum absolute atomic E-state index is 0.299. The summed E-state index contributed by atoms with van der Waals surface area (Å²) in [5.41, 5.74) is 2.06. The van der Waals surface area contributed by atoms with E-state index < -0.39 is 0 Å². The molecule has 5 nitrogen and oxygen atoms in total.